The van der Waals surface area contributed by atoms with Gasteiger partial charge in [-0.2, -0.15) is 0 Å². The van der Waals surface area contributed by atoms with Crippen LogP contribution < -0.4 is 5.32 Å². The van der Waals surface area contributed by atoms with E-state index in [1.807, 2.05) is 31.2 Å². The van der Waals surface area contributed by atoms with Crippen LogP contribution in [0.15, 0.2) is 65.1 Å². The van der Waals surface area contributed by atoms with Gasteiger partial charge in [0.2, 0.25) is 0 Å². The summed E-state index contributed by atoms with van der Waals surface area (Å²) in [6.45, 7) is 2.40. The van der Waals surface area contributed by atoms with Gasteiger partial charge in [-0.25, -0.2) is 0 Å². The zero-order valence-corrected chi connectivity index (χ0v) is 21.6. The predicted molar refractivity (Wildman–Crippen MR) is 141 cm³/mol. The van der Waals surface area contributed by atoms with Crippen molar-refractivity contribution in [1.29, 1.82) is 0 Å². The predicted octanol–water partition coefficient (Wildman–Crippen LogP) is 3.30. The molecule has 0 aliphatic heterocycles. The molecule has 0 unspecified atom stereocenters. The molecule has 7 nitrogen and oxygen atoms in total. The summed E-state index contributed by atoms with van der Waals surface area (Å²) in [5.41, 5.74) is 1.31. The van der Waals surface area contributed by atoms with Gasteiger partial charge in [-0.05, 0) is 80.8 Å². The van der Waals surface area contributed by atoms with Crippen molar-refractivity contribution in [3.63, 3.8) is 0 Å². The Hall–Kier alpha value is -4.15. The minimum Gasteiger partial charge on any atom is -0.466 e. The van der Waals surface area contributed by atoms with E-state index in [0.717, 1.165) is 46.8 Å². The molecule has 1 heterocycles. The monoisotopic (exact) mass is 500 g/mol. The molecule has 0 fully saturated rings. The Balaban J connectivity index is 1.62. The van der Waals surface area contributed by atoms with Gasteiger partial charge in [0.15, 0.2) is 11.3 Å². The highest BCUT2D eigenvalue weighted by atomic mass is 16.3. The van der Waals surface area contributed by atoms with E-state index in [1.54, 1.807) is 24.3 Å². The standard InChI is InChI=1S/C30H32N2O5/c1-21-8-19-26(37-21)7-5-6-22-9-11-23(12-10-22)13-14-24-15-17-25(18-16-24)28(35)32(4)30(2,27(34)20-33)29(36)31-3/h8-12,15-19,33H,5-7,20H2,1-4H3,(H,31,36)/t30-/m1/s1. The molecule has 0 bridgehead atoms. The highest BCUT2D eigenvalue weighted by Crippen LogP contribution is 2.19. The topological polar surface area (TPSA) is 99.9 Å². The Morgan fingerprint density at radius 1 is 0.946 bits per heavy atom. The van der Waals surface area contributed by atoms with Crippen molar-refractivity contribution in [1.82, 2.24) is 10.2 Å². The average molecular weight is 501 g/mol. The van der Waals surface area contributed by atoms with E-state index < -0.39 is 29.7 Å². The summed E-state index contributed by atoms with van der Waals surface area (Å²) in [6, 6.07) is 18.8. The van der Waals surface area contributed by atoms with Crippen molar-refractivity contribution < 1.29 is 23.9 Å². The highest BCUT2D eigenvalue weighted by molar-refractivity contribution is 6.14. The fourth-order valence-electron chi connectivity index (χ4n) is 3.94. The van der Waals surface area contributed by atoms with Crippen molar-refractivity contribution in [2.75, 3.05) is 20.7 Å². The SMILES string of the molecule is CNC(=O)[C@@](C)(C(=O)CO)N(C)C(=O)c1ccc(C#Cc2ccc(CCCc3ccc(C)o3)cc2)cc1. The lowest BCUT2D eigenvalue weighted by Gasteiger charge is -2.35. The molecule has 2 aromatic carbocycles. The molecule has 0 saturated heterocycles. The fourth-order valence-corrected chi connectivity index (χ4v) is 3.94. The molecule has 7 heteroatoms. The maximum absolute atomic E-state index is 13.0. The number of aliphatic hydroxyl groups excluding tert-OH is 1. The average Bonchev–Trinajstić information content (AvgIpc) is 3.35. The van der Waals surface area contributed by atoms with Gasteiger partial charge in [0.25, 0.3) is 11.8 Å². The van der Waals surface area contributed by atoms with Crippen LogP contribution in [0.2, 0.25) is 0 Å². The molecule has 3 aromatic rings. The first-order valence-corrected chi connectivity index (χ1v) is 12.1. The second-order valence-electron chi connectivity index (χ2n) is 8.99. The number of furan rings is 1. The van der Waals surface area contributed by atoms with Crippen molar-refractivity contribution in [2.45, 2.75) is 38.6 Å². The first-order valence-electron chi connectivity index (χ1n) is 12.1. The lowest BCUT2D eigenvalue weighted by atomic mass is 9.92. The van der Waals surface area contributed by atoms with Crippen molar-refractivity contribution >= 4 is 17.6 Å². The number of likely N-dealkylation sites (N-methyl/N-ethyl adjacent to an activating group) is 2. The number of carbonyl (C=O) groups is 3. The van der Waals surface area contributed by atoms with E-state index >= 15 is 0 Å². The molecular weight excluding hydrogens is 468 g/mol. The maximum Gasteiger partial charge on any atom is 0.254 e. The van der Waals surface area contributed by atoms with Crippen LogP contribution in [-0.2, 0) is 22.4 Å². The molecule has 0 radical (unpaired) electrons. The molecular formula is C30H32N2O5. The second-order valence-corrected chi connectivity index (χ2v) is 8.99. The Kier molecular flexibility index (Phi) is 9.05. The summed E-state index contributed by atoms with van der Waals surface area (Å²) >= 11 is 0. The summed E-state index contributed by atoms with van der Waals surface area (Å²) in [6.07, 6.45) is 2.88. The number of carbonyl (C=O) groups excluding carboxylic acids is 3. The summed E-state index contributed by atoms with van der Waals surface area (Å²) in [5, 5.41) is 11.7. The smallest absolute Gasteiger partial charge is 0.254 e. The van der Waals surface area contributed by atoms with Gasteiger partial charge in [0, 0.05) is 37.2 Å². The van der Waals surface area contributed by atoms with Crippen molar-refractivity contribution in [2.24, 2.45) is 0 Å². The first-order chi connectivity index (χ1) is 17.7. The highest BCUT2D eigenvalue weighted by Gasteiger charge is 2.46. The molecule has 2 amide bonds. The van der Waals surface area contributed by atoms with Crippen LogP contribution in [0.5, 0.6) is 0 Å². The van der Waals surface area contributed by atoms with E-state index in [1.165, 1.54) is 26.6 Å². The summed E-state index contributed by atoms with van der Waals surface area (Å²) < 4.78 is 5.61. The van der Waals surface area contributed by atoms with Gasteiger partial charge in [0.1, 0.15) is 18.1 Å². The Morgan fingerprint density at radius 2 is 1.54 bits per heavy atom. The van der Waals surface area contributed by atoms with Gasteiger partial charge in [-0.3, -0.25) is 14.4 Å². The fraction of sp³-hybridized carbons (Fsp3) is 0.300. The van der Waals surface area contributed by atoms with E-state index in [-0.39, 0.29) is 0 Å². The van der Waals surface area contributed by atoms with E-state index in [2.05, 4.69) is 29.3 Å². The lowest BCUT2D eigenvalue weighted by Crippen LogP contribution is -2.62. The van der Waals surface area contributed by atoms with Crippen LogP contribution in [-0.4, -0.2) is 53.8 Å². The third-order valence-corrected chi connectivity index (χ3v) is 6.45. The van der Waals surface area contributed by atoms with E-state index in [0.29, 0.717) is 5.56 Å². The molecule has 0 aliphatic carbocycles. The third-order valence-electron chi connectivity index (χ3n) is 6.45. The molecule has 1 atom stereocenters. The number of nitrogens with zero attached hydrogens (tertiary/aromatic N) is 1. The number of hydrogen-bond donors (Lipinski definition) is 2. The maximum atomic E-state index is 13.0. The Morgan fingerprint density at radius 3 is 2.05 bits per heavy atom. The molecule has 37 heavy (non-hydrogen) atoms. The van der Waals surface area contributed by atoms with Gasteiger partial charge in [-0.15, -0.1) is 0 Å². The minimum atomic E-state index is -1.83. The van der Waals surface area contributed by atoms with Crippen molar-refractivity contribution in [3.05, 3.63) is 94.4 Å². The Bertz CT molecular complexity index is 1290. The Labute approximate surface area is 217 Å². The number of amides is 2. The number of aryl methyl sites for hydroxylation is 3. The summed E-state index contributed by atoms with van der Waals surface area (Å²) in [7, 11) is 2.73. The number of rotatable bonds is 9. The number of ketones is 1. The van der Waals surface area contributed by atoms with Gasteiger partial charge in [0.05, 0.1) is 0 Å². The van der Waals surface area contributed by atoms with Gasteiger partial charge < -0.3 is 19.7 Å². The van der Waals surface area contributed by atoms with Crippen LogP contribution in [0, 0.1) is 18.8 Å². The van der Waals surface area contributed by atoms with Crippen LogP contribution in [0.3, 0.4) is 0 Å². The molecule has 0 aliphatic rings. The minimum absolute atomic E-state index is 0.294. The summed E-state index contributed by atoms with van der Waals surface area (Å²) in [5.74, 6) is 6.19. The lowest BCUT2D eigenvalue weighted by molar-refractivity contribution is -0.143. The molecule has 0 saturated carbocycles. The van der Waals surface area contributed by atoms with E-state index in [9.17, 15) is 19.5 Å². The number of benzene rings is 2. The molecule has 192 valence electrons. The van der Waals surface area contributed by atoms with Gasteiger partial charge in [-0.1, -0.05) is 24.0 Å². The van der Waals surface area contributed by atoms with Crippen LogP contribution in [0.4, 0.5) is 0 Å². The molecule has 3 rings (SSSR count). The largest absolute Gasteiger partial charge is 0.466 e. The molecule has 0 spiro atoms. The number of hydrogen-bond acceptors (Lipinski definition) is 5. The number of nitrogens with one attached hydrogen (secondary N) is 1. The molecule has 1 aromatic heterocycles. The van der Waals surface area contributed by atoms with Crippen LogP contribution in [0.25, 0.3) is 0 Å². The van der Waals surface area contributed by atoms with Gasteiger partial charge >= 0.3 is 0 Å². The van der Waals surface area contributed by atoms with Crippen molar-refractivity contribution in [3.8, 4) is 11.8 Å². The van der Waals surface area contributed by atoms with Crippen LogP contribution in [0.1, 0.15) is 51.9 Å². The summed E-state index contributed by atoms with van der Waals surface area (Å²) in [4.78, 5) is 38.7. The van der Waals surface area contributed by atoms with Crippen LogP contribution >= 0.6 is 0 Å². The number of Topliss-reactive ketones (excluding diaryl/α,β-unsaturated/α-hetero) is 1. The third kappa shape index (κ3) is 6.54. The number of aliphatic hydroxyl groups is 1. The zero-order valence-electron chi connectivity index (χ0n) is 21.6. The van der Waals surface area contributed by atoms with E-state index in [4.69, 9.17) is 4.42 Å². The first kappa shape index (κ1) is 27.4. The second kappa shape index (κ2) is 12.2. The zero-order chi connectivity index (χ0) is 27.0. The normalized spacial score (nSPS) is 12.1. The molecule has 2 N–H and O–H groups in total. The quantitative estimate of drug-likeness (QED) is 0.347.